The molecule has 21 heavy (non-hydrogen) atoms. The number of nitrogens with zero attached hydrogens (tertiary/aromatic N) is 2. The highest BCUT2D eigenvalue weighted by Gasteiger charge is 2.21. The fourth-order valence-electron chi connectivity index (χ4n) is 1.98. The van der Waals surface area contributed by atoms with Gasteiger partial charge in [0.2, 0.25) is 0 Å². The van der Waals surface area contributed by atoms with Gasteiger partial charge in [-0.15, -0.1) is 0 Å². The summed E-state index contributed by atoms with van der Waals surface area (Å²) in [6.45, 7) is 7.39. The first-order valence-electron chi connectivity index (χ1n) is 6.79. The van der Waals surface area contributed by atoms with Crippen molar-refractivity contribution in [3.05, 3.63) is 46.8 Å². The Kier molecular flexibility index (Phi) is 4.21. The second-order valence-corrected chi connectivity index (χ2v) is 4.88. The molecule has 0 aliphatic rings. The van der Waals surface area contributed by atoms with Crippen LogP contribution in [0.25, 0.3) is 5.69 Å². The Balaban J connectivity index is 2.50. The van der Waals surface area contributed by atoms with E-state index in [-0.39, 0.29) is 23.6 Å². The molecule has 5 heteroatoms. The predicted molar refractivity (Wildman–Crippen MR) is 79.0 cm³/mol. The number of carbonyl (C=O) groups is 2. The summed E-state index contributed by atoms with van der Waals surface area (Å²) >= 11 is 0. The molecule has 1 aromatic carbocycles. The van der Waals surface area contributed by atoms with Crippen LogP contribution in [0.2, 0.25) is 0 Å². The SMILES string of the molecule is CCOC(=O)c1nn(-c2ccc(C)c(C)c2)cc1C(C)=O. The third-order valence-electron chi connectivity index (χ3n) is 3.32. The van der Waals surface area contributed by atoms with Crippen molar-refractivity contribution >= 4 is 11.8 Å². The van der Waals surface area contributed by atoms with E-state index in [1.54, 1.807) is 13.1 Å². The molecule has 0 aliphatic carbocycles. The van der Waals surface area contributed by atoms with Gasteiger partial charge in [-0.2, -0.15) is 5.10 Å². The molecular formula is C16H18N2O3. The first kappa shape index (κ1) is 15.0. The highest BCUT2D eigenvalue weighted by atomic mass is 16.5. The van der Waals surface area contributed by atoms with Crippen LogP contribution in [0.3, 0.4) is 0 Å². The van der Waals surface area contributed by atoms with Gasteiger partial charge in [-0.25, -0.2) is 9.48 Å². The molecule has 0 radical (unpaired) electrons. The normalized spacial score (nSPS) is 10.5. The zero-order valence-electron chi connectivity index (χ0n) is 12.6. The van der Waals surface area contributed by atoms with Crippen LogP contribution in [0.15, 0.2) is 24.4 Å². The van der Waals surface area contributed by atoms with E-state index < -0.39 is 5.97 Å². The molecular weight excluding hydrogens is 268 g/mol. The number of carbonyl (C=O) groups excluding carboxylic acids is 2. The minimum Gasteiger partial charge on any atom is -0.461 e. The maximum absolute atomic E-state index is 11.9. The number of aryl methyl sites for hydroxylation is 2. The molecule has 0 unspecified atom stereocenters. The van der Waals surface area contributed by atoms with Crippen molar-refractivity contribution in [2.45, 2.75) is 27.7 Å². The summed E-state index contributed by atoms with van der Waals surface area (Å²) in [4.78, 5) is 23.6. The number of ketones is 1. The maximum atomic E-state index is 11.9. The quantitative estimate of drug-likeness (QED) is 0.640. The highest BCUT2D eigenvalue weighted by Crippen LogP contribution is 2.17. The Morgan fingerprint density at radius 1 is 1.24 bits per heavy atom. The van der Waals surface area contributed by atoms with Crippen molar-refractivity contribution in [3.8, 4) is 5.69 Å². The van der Waals surface area contributed by atoms with Crippen LogP contribution >= 0.6 is 0 Å². The van der Waals surface area contributed by atoms with Crippen LogP contribution in [-0.4, -0.2) is 28.1 Å². The van der Waals surface area contributed by atoms with Gasteiger partial charge in [0.05, 0.1) is 17.9 Å². The molecule has 0 saturated carbocycles. The lowest BCUT2D eigenvalue weighted by atomic mass is 10.1. The summed E-state index contributed by atoms with van der Waals surface area (Å²) in [5.74, 6) is -0.793. The average Bonchev–Trinajstić information content (AvgIpc) is 2.87. The molecule has 5 nitrogen and oxygen atoms in total. The van der Waals surface area contributed by atoms with Crippen molar-refractivity contribution in [2.75, 3.05) is 6.61 Å². The molecule has 2 rings (SSSR count). The molecule has 0 N–H and O–H groups in total. The number of aromatic nitrogens is 2. The lowest BCUT2D eigenvalue weighted by molar-refractivity contribution is 0.0516. The van der Waals surface area contributed by atoms with E-state index in [1.807, 2.05) is 32.0 Å². The van der Waals surface area contributed by atoms with E-state index in [4.69, 9.17) is 4.74 Å². The van der Waals surface area contributed by atoms with Gasteiger partial charge < -0.3 is 4.74 Å². The van der Waals surface area contributed by atoms with E-state index in [2.05, 4.69) is 5.10 Å². The Bertz CT molecular complexity index is 702. The summed E-state index contributed by atoms with van der Waals surface area (Å²) in [5, 5.41) is 4.21. The fraction of sp³-hybridized carbons (Fsp3) is 0.312. The molecule has 1 heterocycles. The summed E-state index contributed by atoms with van der Waals surface area (Å²) in [6, 6.07) is 5.83. The lowest BCUT2D eigenvalue weighted by Gasteiger charge is -2.05. The summed E-state index contributed by atoms with van der Waals surface area (Å²) < 4.78 is 6.48. The smallest absolute Gasteiger partial charge is 0.359 e. The molecule has 0 saturated heterocycles. The minimum atomic E-state index is -0.578. The Hall–Kier alpha value is -2.43. The van der Waals surface area contributed by atoms with Crippen molar-refractivity contribution in [3.63, 3.8) is 0 Å². The number of hydrogen-bond acceptors (Lipinski definition) is 4. The first-order chi connectivity index (χ1) is 9.93. The molecule has 0 bridgehead atoms. The first-order valence-corrected chi connectivity index (χ1v) is 6.79. The van der Waals surface area contributed by atoms with E-state index in [0.29, 0.717) is 0 Å². The number of benzene rings is 1. The average molecular weight is 286 g/mol. The molecule has 0 aliphatic heterocycles. The topological polar surface area (TPSA) is 61.2 Å². The van der Waals surface area contributed by atoms with Crippen molar-refractivity contribution < 1.29 is 14.3 Å². The fourth-order valence-corrected chi connectivity index (χ4v) is 1.98. The zero-order valence-corrected chi connectivity index (χ0v) is 12.6. The molecule has 0 amide bonds. The van der Waals surface area contributed by atoms with Gasteiger partial charge in [-0.3, -0.25) is 4.79 Å². The van der Waals surface area contributed by atoms with E-state index in [0.717, 1.165) is 11.3 Å². The van der Waals surface area contributed by atoms with Crippen LogP contribution in [0, 0.1) is 13.8 Å². The summed E-state index contributed by atoms with van der Waals surface area (Å²) in [7, 11) is 0. The lowest BCUT2D eigenvalue weighted by Crippen LogP contribution is -2.10. The number of esters is 1. The van der Waals surface area contributed by atoms with Gasteiger partial charge in [0.1, 0.15) is 0 Å². The monoisotopic (exact) mass is 286 g/mol. The molecule has 0 atom stereocenters. The van der Waals surface area contributed by atoms with Crippen molar-refractivity contribution in [2.24, 2.45) is 0 Å². The standard InChI is InChI=1S/C16H18N2O3/c1-5-21-16(20)15-14(12(4)19)9-18(17-15)13-7-6-10(2)11(3)8-13/h6-9H,5H2,1-4H3. The predicted octanol–water partition coefficient (Wildman–Crippen LogP) is 2.87. The molecule has 1 aromatic heterocycles. The molecule has 0 fully saturated rings. The van der Waals surface area contributed by atoms with Crippen LogP contribution in [-0.2, 0) is 4.74 Å². The number of Topliss-reactive ketones (excluding diaryl/α,β-unsaturated/α-hetero) is 1. The van der Waals surface area contributed by atoms with Crippen LogP contribution in [0.1, 0.15) is 45.8 Å². The Labute approximate surface area is 123 Å². The van der Waals surface area contributed by atoms with E-state index in [1.165, 1.54) is 17.2 Å². The van der Waals surface area contributed by atoms with Crippen LogP contribution in [0.5, 0.6) is 0 Å². The van der Waals surface area contributed by atoms with Gasteiger partial charge in [0, 0.05) is 6.20 Å². The second kappa shape index (κ2) is 5.91. The van der Waals surface area contributed by atoms with Gasteiger partial charge in [0.15, 0.2) is 11.5 Å². The van der Waals surface area contributed by atoms with Crippen LogP contribution in [0.4, 0.5) is 0 Å². The van der Waals surface area contributed by atoms with E-state index >= 15 is 0 Å². The highest BCUT2D eigenvalue weighted by molar-refractivity contribution is 6.04. The third kappa shape index (κ3) is 3.02. The number of rotatable bonds is 4. The van der Waals surface area contributed by atoms with Crippen LogP contribution < -0.4 is 0 Å². The van der Waals surface area contributed by atoms with Crippen molar-refractivity contribution in [1.29, 1.82) is 0 Å². The number of ether oxygens (including phenoxy) is 1. The summed E-state index contributed by atoms with van der Waals surface area (Å²) in [5.41, 5.74) is 3.42. The third-order valence-corrected chi connectivity index (χ3v) is 3.32. The van der Waals surface area contributed by atoms with Gasteiger partial charge in [0.25, 0.3) is 0 Å². The largest absolute Gasteiger partial charge is 0.461 e. The Morgan fingerprint density at radius 3 is 2.52 bits per heavy atom. The zero-order chi connectivity index (χ0) is 15.6. The number of hydrogen-bond donors (Lipinski definition) is 0. The minimum absolute atomic E-state index is 0.0579. The Morgan fingerprint density at radius 2 is 1.95 bits per heavy atom. The molecule has 110 valence electrons. The second-order valence-electron chi connectivity index (χ2n) is 4.88. The van der Waals surface area contributed by atoms with Crippen molar-refractivity contribution in [1.82, 2.24) is 9.78 Å². The molecule has 0 spiro atoms. The van der Waals surface area contributed by atoms with Gasteiger partial charge >= 0.3 is 5.97 Å². The maximum Gasteiger partial charge on any atom is 0.359 e. The molecule has 2 aromatic rings. The van der Waals surface area contributed by atoms with Gasteiger partial charge in [-0.05, 0) is 51.0 Å². The van der Waals surface area contributed by atoms with E-state index in [9.17, 15) is 9.59 Å². The summed E-state index contributed by atoms with van der Waals surface area (Å²) in [6.07, 6.45) is 1.57. The van der Waals surface area contributed by atoms with Gasteiger partial charge in [-0.1, -0.05) is 6.07 Å².